The van der Waals surface area contributed by atoms with Gasteiger partial charge in [-0.1, -0.05) is 54.1 Å². The van der Waals surface area contributed by atoms with Crippen LogP contribution >= 0.6 is 0 Å². The molecule has 4 rings (SSSR count). The largest absolute Gasteiger partial charge is 0.490 e. The minimum absolute atomic E-state index is 0.0495. The van der Waals surface area contributed by atoms with Gasteiger partial charge in [0.05, 0.1) is 13.2 Å². The summed E-state index contributed by atoms with van der Waals surface area (Å²) >= 11 is 0. The molecule has 1 amide bonds. The maximum atomic E-state index is 12.7. The molecule has 0 N–H and O–H groups in total. The van der Waals surface area contributed by atoms with Crippen LogP contribution in [-0.4, -0.2) is 43.2 Å². The van der Waals surface area contributed by atoms with Crippen molar-refractivity contribution < 1.29 is 14.3 Å². The van der Waals surface area contributed by atoms with Crippen molar-refractivity contribution in [1.82, 2.24) is 4.90 Å². The topological polar surface area (TPSA) is 38.8 Å². The number of benzene rings is 3. The van der Waals surface area contributed by atoms with Crippen molar-refractivity contribution in [2.75, 3.05) is 26.3 Å². The Kier molecular flexibility index (Phi) is 5.07. The molecule has 138 valence electrons. The Morgan fingerprint density at radius 1 is 1.07 bits per heavy atom. The van der Waals surface area contributed by atoms with Gasteiger partial charge in [0.15, 0.2) is 0 Å². The lowest BCUT2D eigenvalue weighted by atomic mass is 10.1. The number of amides is 1. The predicted molar refractivity (Wildman–Crippen MR) is 106 cm³/mol. The molecule has 4 heteroatoms. The number of hydrogen-bond acceptors (Lipinski definition) is 3. The quantitative estimate of drug-likeness (QED) is 0.703. The molecule has 1 unspecified atom stereocenters. The number of carbonyl (C=O) groups excluding carboxylic acids is 1. The van der Waals surface area contributed by atoms with Crippen LogP contribution in [0.15, 0.2) is 66.7 Å². The van der Waals surface area contributed by atoms with Crippen LogP contribution in [0.3, 0.4) is 0 Å². The molecule has 1 aliphatic rings. The number of hydrogen-bond donors (Lipinski definition) is 0. The summed E-state index contributed by atoms with van der Waals surface area (Å²) in [5.74, 6) is 0.896. The fourth-order valence-electron chi connectivity index (χ4n) is 3.39. The monoisotopic (exact) mass is 361 g/mol. The molecule has 0 radical (unpaired) electrons. The average Bonchev–Trinajstić information content (AvgIpc) is 2.72. The van der Waals surface area contributed by atoms with E-state index in [0.717, 1.165) is 27.6 Å². The number of ether oxygens (including phenoxy) is 2. The molecule has 3 aromatic rings. The summed E-state index contributed by atoms with van der Waals surface area (Å²) in [5, 5.41) is 2.24. The van der Waals surface area contributed by atoms with E-state index in [9.17, 15) is 4.79 Å². The summed E-state index contributed by atoms with van der Waals surface area (Å²) in [6.07, 6.45) is -0.132. The average molecular weight is 361 g/mol. The number of rotatable bonds is 4. The first kappa shape index (κ1) is 17.6. The van der Waals surface area contributed by atoms with E-state index in [0.29, 0.717) is 26.3 Å². The predicted octanol–water partition coefficient (Wildman–Crippen LogP) is 4.07. The minimum Gasteiger partial charge on any atom is -0.490 e. The molecule has 1 heterocycles. The van der Waals surface area contributed by atoms with Crippen molar-refractivity contribution in [2.24, 2.45) is 0 Å². The van der Waals surface area contributed by atoms with Crippen LogP contribution < -0.4 is 4.74 Å². The Labute approximate surface area is 159 Å². The van der Waals surface area contributed by atoms with E-state index >= 15 is 0 Å². The van der Waals surface area contributed by atoms with E-state index in [1.165, 1.54) is 0 Å². The molecule has 0 aromatic heterocycles. The van der Waals surface area contributed by atoms with Gasteiger partial charge >= 0.3 is 0 Å². The Hall–Kier alpha value is -2.85. The van der Waals surface area contributed by atoms with Gasteiger partial charge in [0.25, 0.3) is 5.91 Å². The summed E-state index contributed by atoms with van der Waals surface area (Å²) in [5.41, 5.74) is 1.87. The van der Waals surface area contributed by atoms with Crippen molar-refractivity contribution in [2.45, 2.75) is 13.0 Å². The van der Waals surface area contributed by atoms with E-state index in [1.54, 1.807) is 0 Å². The van der Waals surface area contributed by atoms with E-state index in [1.807, 2.05) is 60.4 Å². The van der Waals surface area contributed by atoms with Crippen molar-refractivity contribution >= 4 is 16.7 Å². The zero-order valence-electron chi connectivity index (χ0n) is 15.4. The Balaban J connectivity index is 1.41. The van der Waals surface area contributed by atoms with E-state index in [4.69, 9.17) is 9.47 Å². The van der Waals surface area contributed by atoms with Crippen molar-refractivity contribution in [1.29, 1.82) is 0 Å². The Morgan fingerprint density at radius 3 is 2.70 bits per heavy atom. The smallest absolute Gasteiger partial charge is 0.254 e. The summed E-state index contributed by atoms with van der Waals surface area (Å²) in [7, 11) is 0. The fourth-order valence-corrected chi connectivity index (χ4v) is 3.39. The summed E-state index contributed by atoms with van der Waals surface area (Å²) in [6, 6.07) is 21.9. The van der Waals surface area contributed by atoms with Gasteiger partial charge in [-0.15, -0.1) is 0 Å². The second-order valence-electron chi connectivity index (χ2n) is 6.90. The molecule has 3 aromatic carbocycles. The van der Waals surface area contributed by atoms with Crippen molar-refractivity contribution in [3.63, 3.8) is 0 Å². The summed E-state index contributed by atoms with van der Waals surface area (Å²) in [6.45, 7) is 4.12. The van der Waals surface area contributed by atoms with Crippen LogP contribution in [0.1, 0.15) is 15.9 Å². The van der Waals surface area contributed by atoms with Gasteiger partial charge in [-0.05, 0) is 30.5 Å². The molecule has 1 fully saturated rings. The second-order valence-corrected chi connectivity index (χ2v) is 6.90. The number of nitrogens with zero attached hydrogens (tertiary/aromatic N) is 1. The number of fused-ring (bicyclic) bond motifs is 1. The van der Waals surface area contributed by atoms with Gasteiger partial charge in [-0.3, -0.25) is 4.79 Å². The van der Waals surface area contributed by atoms with Gasteiger partial charge < -0.3 is 14.4 Å². The van der Waals surface area contributed by atoms with Crippen LogP contribution in [0.2, 0.25) is 0 Å². The highest BCUT2D eigenvalue weighted by molar-refractivity contribution is 5.94. The molecular weight excluding hydrogens is 338 g/mol. The van der Waals surface area contributed by atoms with Crippen LogP contribution in [0.5, 0.6) is 5.75 Å². The number of aryl methyl sites for hydroxylation is 1. The Morgan fingerprint density at radius 2 is 1.85 bits per heavy atom. The first-order valence-electron chi connectivity index (χ1n) is 9.29. The number of carbonyl (C=O) groups is 1. The molecule has 27 heavy (non-hydrogen) atoms. The van der Waals surface area contributed by atoms with Gasteiger partial charge in [-0.2, -0.15) is 0 Å². The van der Waals surface area contributed by atoms with E-state index < -0.39 is 0 Å². The minimum atomic E-state index is -0.132. The van der Waals surface area contributed by atoms with E-state index in [2.05, 4.69) is 18.2 Å². The fraction of sp³-hybridized carbons (Fsp3) is 0.261. The maximum absolute atomic E-state index is 12.7. The SMILES string of the molecule is Cc1ccc(C(=O)N2CCOC(COc3cccc4ccccc34)C2)cc1. The lowest BCUT2D eigenvalue weighted by molar-refractivity contribution is -0.0399. The van der Waals surface area contributed by atoms with Gasteiger partial charge in [0, 0.05) is 17.5 Å². The van der Waals surface area contributed by atoms with Crippen LogP contribution in [0, 0.1) is 6.92 Å². The first-order valence-corrected chi connectivity index (χ1v) is 9.29. The van der Waals surface area contributed by atoms with Gasteiger partial charge in [0.1, 0.15) is 18.5 Å². The zero-order chi connectivity index (χ0) is 18.6. The van der Waals surface area contributed by atoms with Crippen molar-refractivity contribution in [3.05, 3.63) is 77.9 Å². The molecule has 0 bridgehead atoms. The van der Waals surface area contributed by atoms with Gasteiger partial charge in [0.2, 0.25) is 0 Å². The lowest BCUT2D eigenvalue weighted by Gasteiger charge is -2.33. The molecule has 4 nitrogen and oxygen atoms in total. The van der Waals surface area contributed by atoms with Gasteiger partial charge in [-0.25, -0.2) is 0 Å². The van der Waals surface area contributed by atoms with Crippen molar-refractivity contribution in [3.8, 4) is 5.75 Å². The molecule has 0 aliphatic carbocycles. The molecule has 1 saturated heterocycles. The number of morpholine rings is 1. The third-order valence-electron chi connectivity index (χ3n) is 4.90. The normalized spacial score (nSPS) is 17.1. The third kappa shape index (κ3) is 3.96. The first-order chi connectivity index (χ1) is 13.2. The second kappa shape index (κ2) is 7.80. The molecule has 0 saturated carbocycles. The third-order valence-corrected chi connectivity index (χ3v) is 4.90. The van der Waals surface area contributed by atoms with Crippen LogP contribution in [0.25, 0.3) is 10.8 Å². The molecule has 1 atom stereocenters. The molecule has 0 spiro atoms. The maximum Gasteiger partial charge on any atom is 0.254 e. The summed E-state index contributed by atoms with van der Waals surface area (Å²) < 4.78 is 11.9. The zero-order valence-corrected chi connectivity index (χ0v) is 15.4. The highest BCUT2D eigenvalue weighted by Gasteiger charge is 2.25. The molecular formula is C23H23NO3. The van der Waals surface area contributed by atoms with E-state index in [-0.39, 0.29) is 12.0 Å². The summed E-state index contributed by atoms with van der Waals surface area (Å²) in [4.78, 5) is 14.6. The highest BCUT2D eigenvalue weighted by Crippen LogP contribution is 2.25. The highest BCUT2D eigenvalue weighted by atomic mass is 16.5. The molecule has 1 aliphatic heterocycles. The Bertz CT molecular complexity index is 931. The van der Waals surface area contributed by atoms with Crippen LogP contribution in [-0.2, 0) is 4.74 Å². The lowest BCUT2D eigenvalue weighted by Crippen LogP contribution is -2.47. The van der Waals surface area contributed by atoms with Crippen LogP contribution in [0.4, 0.5) is 0 Å². The standard InChI is InChI=1S/C23H23NO3/c1-17-9-11-19(12-10-17)23(25)24-13-14-26-20(15-24)16-27-22-8-4-6-18-5-2-3-7-21(18)22/h2-12,20H,13-16H2,1H3.